The summed E-state index contributed by atoms with van der Waals surface area (Å²) < 4.78 is 52.8. The van der Waals surface area contributed by atoms with E-state index in [4.69, 9.17) is 0 Å². The molecule has 0 atom stereocenters. The highest BCUT2D eigenvalue weighted by Gasteiger charge is 2.34. The van der Waals surface area contributed by atoms with Gasteiger partial charge in [-0.25, -0.2) is 14.4 Å². The normalized spacial score (nSPS) is 11.4. The Kier molecular flexibility index (Phi) is 5.76. The molecule has 0 saturated heterocycles. The minimum absolute atomic E-state index is 0.00710. The van der Waals surface area contributed by atoms with Crippen LogP contribution in [0.3, 0.4) is 0 Å². The third-order valence-corrected chi connectivity index (χ3v) is 4.99. The van der Waals surface area contributed by atoms with Crippen molar-refractivity contribution in [2.45, 2.75) is 11.3 Å². The summed E-state index contributed by atoms with van der Waals surface area (Å²) in [7, 11) is 0. The molecule has 1 aromatic carbocycles. The Labute approximate surface area is 159 Å². The second kappa shape index (κ2) is 8.05. The van der Waals surface area contributed by atoms with E-state index in [1.165, 1.54) is 29.5 Å². The molecule has 0 aliphatic carbocycles. The Balaban J connectivity index is 1.77. The number of nitrogens with zero attached hydrogens (tertiary/aromatic N) is 2. The molecule has 3 aromatic rings. The van der Waals surface area contributed by atoms with Crippen LogP contribution in [0.2, 0.25) is 0 Å². The zero-order chi connectivity index (χ0) is 19.4. The van der Waals surface area contributed by atoms with Crippen LogP contribution in [0.4, 0.5) is 23.2 Å². The van der Waals surface area contributed by atoms with E-state index in [0.717, 1.165) is 17.8 Å². The zero-order valence-electron chi connectivity index (χ0n) is 13.5. The molecular formula is C17H11F4N3OS2. The number of hydrogen-bond donors (Lipinski definition) is 1. The molecule has 140 valence electrons. The number of amides is 1. The van der Waals surface area contributed by atoms with Crippen LogP contribution in [-0.2, 0) is 11.0 Å². The molecular weight excluding hydrogens is 402 g/mol. The third-order valence-electron chi connectivity index (χ3n) is 3.25. The topological polar surface area (TPSA) is 54.9 Å². The molecule has 0 unspecified atom stereocenters. The lowest BCUT2D eigenvalue weighted by molar-refractivity contribution is -0.141. The van der Waals surface area contributed by atoms with Crippen molar-refractivity contribution in [3.63, 3.8) is 0 Å². The number of benzene rings is 1. The van der Waals surface area contributed by atoms with Gasteiger partial charge < -0.3 is 5.32 Å². The summed E-state index contributed by atoms with van der Waals surface area (Å²) in [5.74, 6) is -1.45. The average molecular weight is 413 g/mol. The number of carbonyl (C=O) groups is 1. The van der Waals surface area contributed by atoms with Crippen molar-refractivity contribution < 1.29 is 22.4 Å². The molecule has 0 fully saturated rings. The van der Waals surface area contributed by atoms with Gasteiger partial charge in [0, 0.05) is 0 Å². The van der Waals surface area contributed by atoms with E-state index >= 15 is 0 Å². The molecule has 0 saturated carbocycles. The molecule has 2 aromatic heterocycles. The first-order valence-corrected chi connectivity index (χ1v) is 9.37. The van der Waals surface area contributed by atoms with Crippen LogP contribution in [0.15, 0.2) is 53.0 Å². The molecule has 1 N–H and O–H groups in total. The van der Waals surface area contributed by atoms with Gasteiger partial charge in [-0.3, -0.25) is 4.79 Å². The molecule has 1 amide bonds. The molecule has 3 rings (SSSR count). The van der Waals surface area contributed by atoms with E-state index in [2.05, 4.69) is 15.3 Å². The standard InChI is InChI=1S/C17H11F4N3OS2/c18-10-4-1-2-5-11(10)22-15(25)9-27-16-23-12(13-6-3-7-26-13)8-14(24-16)17(19,20)21/h1-8H,9H2,(H,22,25). The minimum Gasteiger partial charge on any atom is -0.323 e. The predicted octanol–water partition coefficient (Wildman–Crippen LogP) is 5.09. The van der Waals surface area contributed by atoms with Gasteiger partial charge in [-0.1, -0.05) is 30.0 Å². The van der Waals surface area contributed by atoms with E-state index in [-0.39, 0.29) is 22.3 Å². The number of halogens is 4. The van der Waals surface area contributed by atoms with Crippen molar-refractivity contribution in [2.75, 3.05) is 11.1 Å². The molecule has 0 spiro atoms. The second-order valence-electron chi connectivity index (χ2n) is 5.21. The van der Waals surface area contributed by atoms with Crippen molar-refractivity contribution in [2.24, 2.45) is 0 Å². The summed E-state index contributed by atoms with van der Waals surface area (Å²) in [6.07, 6.45) is -4.64. The quantitative estimate of drug-likeness (QED) is 0.360. The fourth-order valence-corrected chi connectivity index (χ4v) is 3.41. The van der Waals surface area contributed by atoms with Crippen LogP contribution in [0.5, 0.6) is 0 Å². The molecule has 0 bridgehead atoms. The van der Waals surface area contributed by atoms with Gasteiger partial charge in [-0.05, 0) is 29.6 Å². The van der Waals surface area contributed by atoms with E-state index in [1.54, 1.807) is 23.6 Å². The molecule has 27 heavy (non-hydrogen) atoms. The fraction of sp³-hybridized carbons (Fsp3) is 0.118. The molecule has 4 nitrogen and oxygen atoms in total. The molecule has 0 radical (unpaired) electrons. The Morgan fingerprint density at radius 1 is 1.15 bits per heavy atom. The first-order chi connectivity index (χ1) is 12.8. The Morgan fingerprint density at radius 2 is 1.93 bits per heavy atom. The van der Waals surface area contributed by atoms with Gasteiger partial charge >= 0.3 is 6.18 Å². The summed E-state index contributed by atoms with van der Waals surface area (Å²) in [6, 6.07) is 9.81. The van der Waals surface area contributed by atoms with E-state index < -0.39 is 23.6 Å². The Morgan fingerprint density at radius 3 is 2.59 bits per heavy atom. The molecule has 0 aliphatic rings. The summed E-state index contributed by atoms with van der Waals surface area (Å²) in [5.41, 5.74) is -0.963. The number of aromatic nitrogens is 2. The van der Waals surface area contributed by atoms with E-state index in [0.29, 0.717) is 4.88 Å². The highest BCUT2D eigenvalue weighted by molar-refractivity contribution is 7.99. The van der Waals surface area contributed by atoms with Crippen LogP contribution in [-0.4, -0.2) is 21.6 Å². The largest absolute Gasteiger partial charge is 0.433 e. The van der Waals surface area contributed by atoms with E-state index in [9.17, 15) is 22.4 Å². The smallest absolute Gasteiger partial charge is 0.323 e. The summed E-state index contributed by atoms with van der Waals surface area (Å²) >= 11 is 1.99. The highest BCUT2D eigenvalue weighted by Crippen LogP contribution is 2.33. The van der Waals surface area contributed by atoms with Crippen molar-refractivity contribution >= 4 is 34.7 Å². The highest BCUT2D eigenvalue weighted by atomic mass is 32.2. The number of alkyl halides is 3. The van der Waals surface area contributed by atoms with Crippen molar-refractivity contribution in [1.29, 1.82) is 0 Å². The fourth-order valence-electron chi connectivity index (χ4n) is 2.06. The van der Waals surface area contributed by atoms with Gasteiger partial charge in [-0.15, -0.1) is 11.3 Å². The van der Waals surface area contributed by atoms with Crippen LogP contribution >= 0.6 is 23.1 Å². The minimum atomic E-state index is -4.64. The summed E-state index contributed by atoms with van der Waals surface area (Å²) in [5, 5.41) is 3.90. The number of para-hydroxylation sites is 1. The third kappa shape index (κ3) is 5.04. The molecule has 10 heteroatoms. The van der Waals surface area contributed by atoms with Crippen LogP contribution in [0.25, 0.3) is 10.6 Å². The number of thioether (sulfide) groups is 1. The Hall–Kier alpha value is -2.46. The first-order valence-electron chi connectivity index (χ1n) is 7.50. The first kappa shape index (κ1) is 19.3. The Bertz CT molecular complexity index is 946. The number of hydrogen-bond acceptors (Lipinski definition) is 5. The number of thiophene rings is 1. The van der Waals surface area contributed by atoms with E-state index in [1.807, 2.05) is 0 Å². The predicted molar refractivity (Wildman–Crippen MR) is 96.1 cm³/mol. The molecule has 0 aliphatic heterocycles. The lowest BCUT2D eigenvalue weighted by atomic mass is 10.3. The van der Waals surface area contributed by atoms with Crippen molar-refractivity contribution in [3.8, 4) is 10.6 Å². The maximum Gasteiger partial charge on any atom is 0.433 e. The maximum absolute atomic E-state index is 13.5. The lowest BCUT2D eigenvalue weighted by Crippen LogP contribution is -2.16. The van der Waals surface area contributed by atoms with Crippen molar-refractivity contribution in [1.82, 2.24) is 9.97 Å². The van der Waals surface area contributed by atoms with Gasteiger partial charge in [0.25, 0.3) is 0 Å². The van der Waals surface area contributed by atoms with Gasteiger partial charge in [0.1, 0.15) is 11.5 Å². The summed E-state index contributed by atoms with van der Waals surface area (Å²) in [6.45, 7) is 0. The summed E-state index contributed by atoms with van der Waals surface area (Å²) in [4.78, 5) is 20.1. The lowest BCUT2D eigenvalue weighted by Gasteiger charge is -2.10. The molecule has 2 heterocycles. The van der Waals surface area contributed by atoms with Gasteiger partial charge in [0.05, 0.1) is 22.0 Å². The monoisotopic (exact) mass is 413 g/mol. The van der Waals surface area contributed by atoms with Crippen LogP contribution < -0.4 is 5.32 Å². The maximum atomic E-state index is 13.5. The zero-order valence-corrected chi connectivity index (χ0v) is 15.1. The average Bonchev–Trinajstić information content (AvgIpc) is 3.16. The number of rotatable bonds is 5. The number of nitrogens with one attached hydrogen (secondary N) is 1. The van der Waals surface area contributed by atoms with Crippen LogP contribution in [0.1, 0.15) is 5.69 Å². The van der Waals surface area contributed by atoms with Gasteiger partial charge in [0.15, 0.2) is 5.16 Å². The van der Waals surface area contributed by atoms with Crippen molar-refractivity contribution in [3.05, 3.63) is 59.4 Å². The van der Waals surface area contributed by atoms with Crippen LogP contribution in [0, 0.1) is 5.82 Å². The SMILES string of the molecule is O=C(CSc1nc(-c2cccs2)cc(C(F)(F)F)n1)Nc1ccccc1F. The second-order valence-corrected chi connectivity index (χ2v) is 7.10. The number of carbonyl (C=O) groups excluding carboxylic acids is 1. The van der Waals surface area contributed by atoms with Gasteiger partial charge in [0.2, 0.25) is 5.91 Å². The van der Waals surface area contributed by atoms with Gasteiger partial charge in [-0.2, -0.15) is 13.2 Å². The number of anilines is 1.